The van der Waals surface area contributed by atoms with Gasteiger partial charge >= 0.3 is 0 Å². The average molecular weight is 740 g/mol. The molecule has 7 aromatic rings. The Morgan fingerprint density at radius 2 is 0.895 bits per heavy atom. The lowest BCUT2D eigenvalue weighted by Gasteiger charge is -2.37. The smallest absolute Gasteiger partial charge is 0.0468 e. The van der Waals surface area contributed by atoms with Gasteiger partial charge < -0.3 is 4.90 Å². The number of benzene rings is 7. The Balaban J connectivity index is 1.15. The van der Waals surface area contributed by atoms with Crippen LogP contribution in [0.3, 0.4) is 0 Å². The molecular weight excluding hydrogens is 687 g/mol. The fraction of sp³-hybridized carbons (Fsp3) is 0.250. The van der Waals surface area contributed by atoms with Crippen molar-refractivity contribution in [3.05, 3.63) is 197 Å². The number of nitrogens with zero attached hydrogens (tertiary/aromatic N) is 1. The maximum absolute atomic E-state index is 2.52. The van der Waals surface area contributed by atoms with E-state index in [1.807, 2.05) is 0 Å². The monoisotopic (exact) mass is 739 g/mol. The Morgan fingerprint density at radius 3 is 1.65 bits per heavy atom. The summed E-state index contributed by atoms with van der Waals surface area (Å²) in [6.45, 7) is 9.55. The quantitative estimate of drug-likeness (QED) is 0.164. The van der Waals surface area contributed by atoms with E-state index in [1.54, 1.807) is 0 Å². The zero-order valence-electron chi connectivity index (χ0n) is 34.0. The van der Waals surface area contributed by atoms with Gasteiger partial charge in [0.05, 0.1) is 0 Å². The molecule has 0 atom stereocenters. The van der Waals surface area contributed by atoms with E-state index in [4.69, 9.17) is 0 Å². The molecule has 1 saturated carbocycles. The van der Waals surface area contributed by atoms with Gasteiger partial charge in [0.25, 0.3) is 0 Å². The predicted molar refractivity (Wildman–Crippen MR) is 241 cm³/mol. The number of rotatable bonds is 6. The molecule has 0 amide bonds. The van der Waals surface area contributed by atoms with Crippen LogP contribution in [-0.2, 0) is 16.2 Å². The molecule has 3 aliphatic rings. The minimum Gasteiger partial charge on any atom is -0.310 e. The largest absolute Gasteiger partial charge is 0.310 e. The molecule has 282 valence electrons. The molecule has 1 fully saturated rings. The van der Waals surface area contributed by atoms with Crippen molar-refractivity contribution in [1.82, 2.24) is 0 Å². The van der Waals surface area contributed by atoms with Crippen molar-refractivity contribution in [2.45, 2.75) is 88.9 Å². The van der Waals surface area contributed by atoms with E-state index in [0.717, 1.165) is 0 Å². The van der Waals surface area contributed by atoms with Gasteiger partial charge in [-0.05, 0) is 116 Å². The van der Waals surface area contributed by atoms with Gasteiger partial charge in [0.1, 0.15) is 0 Å². The van der Waals surface area contributed by atoms with Crippen molar-refractivity contribution >= 4 is 17.1 Å². The molecule has 10 rings (SSSR count). The third-order valence-corrected chi connectivity index (χ3v) is 14.1. The van der Waals surface area contributed by atoms with E-state index in [9.17, 15) is 0 Å². The first-order chi connectivity index (χ1) is 27.8. The highest BCUT2D eigenvalue weighted by Crippen LogP contribution is 2.55. The third kappa shape index (κ3) is 5.73. The first kappa shape index (κ1) is 35.7. The summed E-state index contributed by atoms with van der Waals surface area (Å²) in [6.07, 6.45) is 8.94. The van der Waals surface area contributed by atoms with E-state index in [1.165, 1.54) is 129 Å². The normalized spacial score (nSPS) is 17.1. The average Bonchev–Trinajstić information content (AvgIpc) is 3.61. The summed E-state index contributed by atoms with van der Waals surface area (Å²) in [5.74, 6) is 0. The van der Waals surface area contributed by atoms with Crippen molar-refractivity contribution in [2.75, 3.05) is 4.90 Å². The Kier molecular flexibility index (Phi) is 8.63. The second kappa shape index (κ2) is 13.8. The first-order valence-corrected chi connectivity index (χ1v) is 21.3. The third-order valence-electron chi connectivity index (χ3n) is 14.1. The van der Waals surface area contributed by atoms with E-state index >= 15 is 0 Å². The van der Waals surface area contributed by atoms with Crippen molar-refractivity contribution < 1.29 is 0 Å². The molecule has 0 bridgehead atoms. The van der Waals surface area contributed by atoms with E-state index in [2.05, 4.69) is 196 Å². The second-order valence-electron chi connectivity index (χ2n) is 17.9. The maximum atomic E-state index is 2.52. The maximum Gasteiger partial charge on any atom is 0.0468 e. The van der Waals surface area contributed by atoms with Crippen LogP contribution in [-0.4, -0.2) is 0 Å². The summed E-state index contributed by atoms with van der Waals surface area (Å²) in [5, 5.41) is 0. The number of hydrogen-bond donors (Lipinski definition) is 0. The number of fused-ring (bicyclic) bond motifs is 6. The van der Waals surface area contributed by atoms with Gasteiger partial charge in [-0.25, -0.2) is 0 Å². The van der Waals surface area contributed by atoms with Gasteiger partial charge in [-0.2, -0.15) is 0 Å². The Morgan fingerprint density at radius 1 is 0.368 bits per heavy atom. The molecule has 0 radical (unpaired) electrons. The summed E-state index contributed by atoms with van der Waals surface area (Å²) in [7, 11) is 0. The molecule has 0 spiro atoms. The fourth-order valence-corrected chi connectivity index (χ4v) is 11.0. The van der Waals surface area contributed by atoms with Crippen molar-refractivity contribution in [1.29, 1.82) is 0 Å². The highest BCUT2D eigenvalue weighted by molar-refractivity contribution is 5.95. The van der Waals surface area contributed by atoms with Gasteiger partial charge in [0, 0.05) is 33.3 Å². The first-order valence-electron chi connectivity index (χ1n) is 21.3. The second-order valence-corrected chi connectivity index (χ2v) is 17.9. The lowest BCUT2D eigenvalue weighted by molar-refractivity contribution is 0.366. The van der Waals surface area contributed by atoms with Crippen LogP contribution in [0.4, 0.5) is 17.1 Å². The molecular formula is C56H53N. The van der Waals surface area contributed by atoms with Gasteiger partial charge in [0.15, 0.2) is 0 Å². The van der Waals surface area contributed by atoms with Crippen molar-refractivity contribution in [3.63, 3.8) is 0 Å². The summed E-state index contributed by atoms with van der Waals surface area (Å²) in [4.78, 5) is 2.52. The zero-order valence-corrected chi connectivity index (χ0v) is 34.0. The van der Waals surface area contributed by atoms with Crippen LogP contribution in [0.5, 0.6) is 0 Å². The summed E-state index contributed by atoms with van der Waals surface area (Å²) < 4.78 is 0. The molecule has 0 aromatic heterocycles. The number of hydrogen-bond acceptors (Lipinski definition) is 1. The molecule has 1 nitrogen and oxygen atoms in total. The summed E-state index contributed by atoms with van der Waals surface area (Å²) in [6, 6.07) is 62.4. The molecule has 3 aliphatic carbocycles. The van der Waals surface area contributed by atoms with Crippen molar-refractivity contribution in [3.8, 4) is 33.4 Å². The van der Waals surface area contributed by atoms with E-state index in [-0.39, 0.29) is 16.2 Å². The van der Waals surface area contributed by atoms with Gasteiger partial charge in [-0.1, -0.05) is 187 Å². The highest BCUT2D eigenvalue weighted by atomic mass is 15.1. The van der Waals surface area contributed by atoms with Gasteiger partial charge in [0.2, 0.25) is 0 Å². The van der Waals surface area contributed by atoms with Crippen molar-refractivity contribution in [2.24, 2.45) is 0 Å². The Hall–Kier alpha value is -5.66. The van der Waals surface area contributed by atoms with Crippen LogP contribution in [0.15, 0.2) is 164 Å². The van der Waals surface area contributed by atoms with Gasteiger partial charge in [-0.15, -0.1) is 0 Å². The van der Waals surface area contributed by atoms with Crippen LogP contribution in [0, 0.1) is 0 Å². The van der Waals surface area contributed by atoms with Crippen LogP contribution in [0.1, 0.15) is 106 Å². The molecule has 57 heavy (non-hydrogen) atoms. The lowest BCUT2D eigenvalue weighted by Crippen LogP contribution is -2.29. The molecule has 7 aromatic carbocycles. The minimum atomic E-state index is -0.104. The van der Waals surface area contributed by atoms with E-state index in [0.29, 0.717) is 0 Å². The molecule has 0 saturated heterocycles. The Labute approximate surface area is 340 Å². The topological polar surface area (TPSA) is 3.24 Å². The van der Waals surface area contributed by atoms with Crippen LogP contribution in [0.2, 0.25) is 0 Å². The standard InChI is InChI=1S/C56H53N/c1-54(2)50-34-32-43(37-48(50)53-45(24-18-26-51(53)54)39-19-10-8-11-20-39)57(44-31-33-47-46-23-14-15-25-49(46)55(3,4)52(47)38-44)42-29-27-41(28-30-42)56(40-21-12-9-13-22-40)35-16-6-5-7-17-36-56/h8-15,18-34,37-38H,5-7,16-17,35-36H2,1-4H3. The van der Waals surface area contributed by atoms with Gasteiger partial charge in [-0.3, -0.25) is 0 Å². The van der Waals surface area contributed by atoms with Crippen LogP contribution < -0.4 is 4.90 Å². The minimum absolute atomic E-state index is 0.0328. The SMILES string of the molecule is CC1(C)c2ccccc2-c2ccc(N(c3ccc(C4(c5ccccc5)CCCCCCC4)cc3)c3ccc4c(c3)-c3c(-c5ccccc5)cccc3C4(C)C)cc21. The number of anilines is 3. The molecule has 0 N–H and O–H groups in total. The van der Waals surface area contributed by atoms with Crippen LogP contribution in [0.25, 0.3) is 33.4 Å². The Bertz CT molecular complexity index is 2580. The highest BCUT2D eigenvalue weighted by Gasteiger charge is 2.39. The summed E-state index contributed by atoms with van der Waals surface area (Å²) in [5.41, 5.74) is 19.9. The molecule has 0 heterocycles. The summed E-state index contributed by atoms with van der Waals surface area (Å²) >= 11 is 0. The van der Waals surface area contributed by atoms with Crippen LogP contribution >= 0.6 is 0 Å². The fourth-order valence-electron chi connectivity index (χ4n) is 11.0. The van der Waals surface area contributed by atoms with E-state index < -0.39 is 0 Å². The zero-order chi connectivity index (χ0) is 38.8. The molecule has 1 heteroatoms. The molecule has 0 aliphatic heterocycles. The predicted octanol–water partition coefficient (Wildman–Crippen LogP) is 15.5. The molecule has 0 unspecified atom stereocenters. The lowest BCUT2D eigenvalue weighted by atomic mass is 9.67.